The summed E-state index contributed by atoms with van der Waals surface area (Å²) in [6, 6.07) is 5.50. The number of hydrogen-bond acceptors (Lipinski definition) is 4. The Labute approximate surface area is 128 Å². The monoisotopic (exact) mass is 325 g/mol. The quantitative estimate of drug-likeness (QED) is 0.857. The first kappa shape index (κ1) is 15.0. The van der Waals surface area contributed by atoms with Crippen LogP contribution in [-0.2, 0) is 23.1 Å². The van der Waals surface area contributed by atoms with Crippen molar-refractivity contribution in [2.75, 3.05) is 13.2 Å². The number of halogens is 1. The van der Waals surface area contributed by atoms with E-state index in [0.29, 0.717) is 19.7 Å². The molecule has 1 aliphatic heterocycles. The van der Waals surface area contributed by atoms with Crippen LogP contribution in [0.15, 0.2) is 35.4 Å². The molecular weight excluding hydrogens is 309 g/mol. The van der Waals surface area contributed by atoms with Gasteiger partial charge in [0.15, 0.2) is 11.6 Å². The van der Waals surface area contributed by atoms with Gasteiger partial charge in [0.25, 0.3) is 0 Å². The molecule has 0 atom stereocenters. The van der Waals surface area contributed by atoms with Crippen LogP contribution in [0.25, 0.3) is 0 Å². The lowest BCUT2D eigenvalue weighted by molar-refractivity contribution is 0.319. The van der Waals surface area contributed by atoms with Gasteiger partial charge in [-0.3, -0.25) is 4.68 Å². The van der Waals surface area contributed by atoms with Crippen molar-refractivity contribution < 1.29 is 17.5 Å². The van der Waals surface area contributed by atoms with E-state index >= 15 is 0 Å². The number of nitrogens with zero attached hydrogens (tertiary/aromatic N) is 3. The van der Waals surface area contributed by atoms with Crippen molar-refractivity contribution in [2.24, 2.45) is 0 Å². The van der Waals surface area contributed by atoms with E-state index in [1.807, 2.05) is 0 Å². The summed E-state index contributed by atoms with van der Waals surface area (Å²) in [7, 11) is -3.74. The number of aromatic nitrogens is 2. The number of fused-ring (bicyclic) bond motifs is 1. The van der Waals surface area contributed by atoms with Crippen molar-refractivity contribution in [1.82, 2.24) is 14.1 Å². The topological polar surface area (TPSA) is 64.4 Å². The van der Waals surface area contributed by atoms with Crippen LogP contribution < -0.4 is 4.74 Å². The van der Waals surface area contributed by atoms with Gasteiger partial charge < -0.3 is 4.74 Å². The fourth-order valence-electron chi connectivity index (χ4n) is 2.43. The van der Waals surface area contributed by atoms with Crippen LogP contribution in [0.5, 0.6) is 5.75 Å². The van der Waals surface area contributed by atoms with E-state index in [9.17, 15) is 12.8 Å². The van der Waals surface area contributed by atoms with E-state index in [2.05, 4.69) is 5.10 Å². The molecule has 2 aromatic rings. The summed E-state index contributed by atoms with van der Waals surface area (Å²) in [5.41, 5.74) is 0.821. The number of ether oxygens (including phenoxy) is 1. The highest BCUT2D eigenvalue weighted by molar-refractivity contribution is 7.89. The predicted octanol–water partition coefficient (Wildman–Crippen LogP) is 1.63. The van der Waals surface area contributed by atoms with E-state index in [4.69, 9.17) is 4.74 Å². The van der Waals surface area contributed by atoms with Gasteiger partial charge in [-0.05, 0) is 31.2 Å². The van der Waals surface area contributed by atoms with E-state index < -0.39 is 15.8 Å². The molecule has 0 aliphatic carbocycles. The molecule has 0 saturated heterocycles. The highest BCUT2D eigenvalue weighted by atomic mass is 32.2. The van der Waals surface area contributed by atoms with Crippen molar-refractivity contribution in [3.05, 3.63) is 42.0 Å². The molecule has 0 spiro atoms. The maximum absolute atomic E-state index is 13.9. The van der Waals surface area contributed by atoms with Crippen LogP contribution >= 0.6 is 0 Å². The van der Waals surface area contributed by atoms with E-state index in [-0.39, 0.29) is 17.2 Å². The zero-order valence-electron chi connectivity index (χ0n) is 12.1. The lowest BCUT2D eigenvalue weighted by Crippen LogP contribution is -2.38. The standard InChI is InChI=1S/C14H16FN3O3S/c1-2-21-14-4-3-12(9-13(14)15)22(19,20)17-7-8-18-11(10-17)5-6-16-18/h3-6,9H,2,7-8,10H2,1H3. The first-order valence-corrected chi connectivity index (χ1v) is 8.39. The van der Waals surface area contributed by atoms with Gasteiger partial charge in [-0.25, -0.2) is 12.8 Å². The number of hydrogen-bond donors (Lipinski definition) is 0. The summed E-state index contributed by atoms with van der Waals surface area (Å²) in [6.07, 6.45) is 1.64. The molecule has 0 N–H and O–H groups in total. The van der Waals surface area contributed by atoms with Gasteiger partial charge in [-0.15, -0.1) is 0 Å². The Bertz CT molecular complexity index is 788. The predicted molar refractivity (Wildman–Crippen MR) is 77.4 cm³/mol. The molecule has 0 radical (unpaired) electrons. The highest BCUT2D eigenvalue weighted by Gasteiger charge is 2.29. The molecular formula is C14H16FN3O3S. The normalized spacial score (nSPS) is 15.5. The zero-order chi connectivity index (χ0) is 15.7. The van der Waals surface area contributed by atoms with Gasteiger partial charge in [0.05, 0.1) is 30.3 Å². The van der Waals surface area contributed by atoms with Crippen molar-refractivity contribution in [3.63, 3.8) is 0 Å². The minimum atomic E-state index is -3.74. The lowest BCUT2D eigenvalue weighted by Gasteiger charge is -2.27. The fourth-order valence-corrected chi connectivity index (χ4v) is 3.85. The third-order valence-corrected chi connectivity index (χ3v) is 5.39. The van der Waals surface area contributed by atoms with Crippen LogP contribution in [-0.4, -0.2) is 35.7 Å². The summed E-state index contributed by atoms with van der Waals surface area (Å²) in [5.74, 6) is -0.622. The van der Waals surface area contributed by atoms with E-state index in [1.54, 1.807) is 23.9 Å². The Hall–Kier alpha value is -1.93. The SMILES string of the molecule is CCOc1ccc(S(=O)(=O)N2CCn3nccc3C2)cc1F. The highest BCUT2D eigenvalue weighted by Crippen LogP contribution is 2.25. The van der Waals surface area contributed by atoms with Crippen LogP contribution in [0, 0.1) is 5.82 Å². The second kappa shape index (κ2) is 5.69. The summed E-state index contributed by atoms with van der Waals surface area (Å²) < 4.78 is 47.4. The van der Waals surface area contributed by atoms with Crippen LogP contribution in [0.3, 0.4) is 0 Å². The molecule has 0 unspecified atom stereocenters. The first-order chi connectivity index (χ1) is 10.5. The second-order valence-corrected chi connectivity index (χ2v) is 6.85. The van der Waals surface area contributed by atoms with Gasteiger partial charge in [-0.1, -0.05) is 0 Å². The summed E-state index contributed by atoms with van der Waals surface area (Å²) in [6.45, 7) is 3.09. The lowest BCUT2D eigenvalue weighted by atomic mass is 10.3. The smallest absolute Gasteiger partial charge is 0.243 e. The molecule has 0 bridgehead atoms. The Morgan fingerprint density at radius 1 is 1.32 bits per heavy atom. The summed E-state index contributed by atoms with van der Waals surface area (Å²) in [5, 5.41) is 4.11. The molecule has 6 nitrogen and oxygen atoms in total. The molecule has 1 aliphatic rings. The van der Waals surface area contributed by atoms with E-state index in [0.717, 1.165) is 11.8 Å². The minimum Gasteiger partial charge on any atom is -0.491 e. The minimum absolute atomic E-state index is 0.0539. The average molecular weight is 325 g/mol. The van der Waals surface area contributed by atoms with Gasteiger partial charge in [0.1, 0.15) is 0 Å². The van der Waals surface area contributed by atoms with Gasteiger partial charge in [-0.2, -0.15) is 9.40 Å². The molecule has 2 heterocycles. The molecule has 22 heavy (non-hydrogen) atoms. The second-order valence-electron chi connectivity index (χ2n) is 4.91. The molecule has 8 heteroatoms. The molecule has 0 amide bonds. The van der Waals surface area contributed by atoms with Gasteiger partial charge in [0, 0.05) is 12.7 Å². The number of rotatable bonds is 4. The Morgan fingerprint density at radius 3 is 2.86 bits per heavy atom. The van der Waals surface area contributed by atoms with Gasteiger partial charge in [0.2, 0.25) is 10.0 Å². The third kappa shape index (κ3) is 2.59. The molecule has 118 valence electrons. The Balaban J connectivity index is 1.89. The van der Waals surface area contributed by atoms with E-state index in [1.165, 1.54) is 16.4 Å². The fraction of sp³-hybridized carbons (Fsp3) is 0.357. The maximum atomic E-state index is 13.9. The molecule has 0 fully saturated rings. The largest absolute Gasteiger partial charge is 0.491 e. The molecule has 1 aromatic heterocycles. The molecule has 1 aromatic carbocycles. The van der Waals surface area contributed by atoms with Crippen LogP contribution in [0.1, 0.15) is 12.6 Å². The van der Waals surface area contributed by atoms with Gasteiger partial charge >= 0.3 is 0 Å². The van der Waals surface area contributed by atoms with Crippen LogP contribution in [0.2, 0.25) is 0 Å². The third-order valence-electron chi connectivity index (χ3n) is 3.55. The van der Waals surface area contributed by atoms with Crippen LogP contribution in [0.4, 0.5) is 4.39 Å². The number of benzene rings is 1. The number of sulfonamides is 1. The van der Waals surface area contributed by atoms with Crippen molar-refractivity contribution in [3.8, 4) is 5.75 Å². The van der Waals surface area contributed by atoms with Crippen molar-refractivity contribution in [2.45, 2.75) is 24.9 Å². The zero-order valence-corrected chi connectivity index (χ0v) is 12.9. The average Bonchev–Trinajstić information content (AvgIpc) is 2.96. The summed E-state index contributed by atoms with van der Waals surface area (Å²) >= 11 is 0. The Kier molecular flexibility index (Phi) is 3.88. The Morgan fingerprint density at radius 2 is 2.14 bits per heavy atom. The maximum Gasteiger partial charge on any atom is 0.243 e. The molecule has 0 saturated carbocycles. The molecule has 3 rings (SSSR count). The summed E-state index contributed by atoms with van der Waals surface area (Å²) in [4.78, 5) is -0.0681. The van der Waals surface area contributed by atoms with Crippen molar-refractivity contribution in [1.29, 1.82) is 0 Å². The first-order valence-electron chi connectivity index (χ1n) is 6.95. The van der Waals surface area contributed by atoms with Crippen molar-refractivity contribution >= 4 is 10.0 Å².